The van der Waals surface area contributed by atoms with E-state index in [1.165, 1.54) is 40.3 Å². The quantitative estimate of drug-likeness (QED) is 0.358. The normalized spacial score (nSPS) is 14.1. The molecule has 0 aliphatic carbocycles. The second-order valence-electron chi connectivity index (χ2n) is 9.34. The van der Waals surface area contributed by atoms with Crippen LogP contribution < -0.4 is 5.32 Å². The zero-order chi connectivity index (χ0) is 28.5. The molecule has 0 radical (unpaired) electrons. The molecule has 3 aromatic rings. The number of urea groups is 1. The highest BCUT2D eigenvalue weighted by Crippen LogP contribution is 2.29. The number of nitrogens with zero attached hydrogens (tertiary/aromatic N) is 3. The predicted octanol–water partition coefficient (Wildman–Crippen LogP) is 4.83. The average molecular weight is 563 g/mol. The number of amides is 3. The molecule has 1 aliphatic rings. The van der Waals surface area contributed by atoms with Crippen molar-refractivity contribution in [2.24, 2.45) is 0 Å². The fraction of sp³-hybridized carbons (Fsp3) is 0.357. The van der Waals surface area contributed by atoms with Gasteiger partial charge in [-0.2, -0.15) is 13.2 Å². The summed E-state index contributed by atoms with van der Waals surface area (Å²) >= 11 is 0. The van der Waals surface area contributed by atoms with Gasteiger partial charge in [0.25, 0.3) is 0 Å². The summed E-state index contributed by atoms with van der Waals surface area (Å²) in [5.74, 6) is -0.253. The van der Waals surface area contributed by atoms with Crippen molar-refractivity contribution in [1.82, 2.24) is 14.7 Å². The lowest BCUT2D eigenvalue weighted by atomic mass is 10.2. The van der Waals surface area contributed by atoms with Gasteiger partial charge in [0.15, 0.2) is 0 Å². The van der Waals surface area contributed by atoms with E-state index in [4.69, 9.17) is 9.15 Å². The maximum absolute atomic E-state index is 13.5. The molecule has 3 amide bonds. The first-order valence-electron chi connectivity index (χ1n) is 12.8. The van der Waals surface area contributed by atoms with Crippen LogP contribution in [0.3, 0.4) is 0 Å². The predicted molar refractivity (Wildman–Crippen MR) is 139 cm³/mol. The number of carbonyl (C=O) groups is 2. The molecule has 1 aliphatic heterocycles. The molecular weight excluding hydrogens is 532 g/mol. The molecule has 214 valence electrons. The van der Waals surface area contributed by atoms with E-state index in [0.29, 0.717) is 44.2 Å². The molecule has 8 nitrogen and oxygen atoms in total. The van der Waals surface area contributed by atoms with Crippen LogP contribution in [0.2, 0.25) is 0 Å². The molecule has 40 heavy (non-hydrogen) atoms. The largest absolute Gasteiger partial charge is 0.467 e. The van der Waals surface area contributed by atoms with Gasteiger partial charge in [-0.15, -0.1) is 0 Å². The lowest BCUT2D eigenvalue weighted by Gasteiger charge is -2.31. The van der Waals surface area contributed by atoms with Crippen LogP contribution in [0, 0.1) is 5.82 Å². The van der Waals surface area contributed by atoms with E-state index >= 15 is 0 Å². The first-order chi connectivity index (χ1) is 19.2. The second-order valence-corrected chi connectivity index (χ2v) is 9.34. The van der Waals surface area contributed by atoms with E-state index in [1.54, 1.807) is 24.3 Å². The summed E-state index contributed by atoms with van der Waals surface area (Å²) in [7, 11) is 0. The number of hydrogen-bond acceptors (Lipinski definition) is 5. The first kappa shape index (κ1) is 29.1. The van der Waals surface area contributed by atoms with E-state index in [1.807, 2.05) is 0 Å². The maximum atomic E-state index is 13.5. The summed E-state index contributed by atoms with van der Waals surface area (Å²) < 4.78 is 63.0. The van der Waals surface area contributed by atoms with Gasteiger partial charge in [-0.05, 0) is 54.1 Å². The summed E-state index contributed by atoms with van der Waals surface area (Å²) in [4.78, 5) is 31.7. The van der Waals surface area contributed by atoms with Gasteiger partial charge in [0.2, 0.25) is 5.91 Å². The van der Waals surface area contributed by atoms with Gasteiger partial charge in [-0.1, -0.05) is 12.1 Å². The summed E-state index contributed by atoms with van der Waals surface area (Å²) in [6.45, 7) is 3.14. The van der Waals surface area contributed by atoms with E-state index in [2.05, 4.69) is 10.2 Å². The molecule has 12 heteroatoms. The van der Waals surface area contributed by atoms with Crippen molar-refractivity contribution in [2.45, 2.75) is 19.3 Å². The van der Waals surface area contributed by atoms with Gasteiger partial charge >= 0.3 is 12.2 Å². The number of anilines is 1. The van der Waals surface area contributed by atoms with Crippen LogP contribution in [0.15, 0.2) is 71.3 Å². The van der Waals surface area contributed by atoms with Crippen LogP contribution >= 0.6 is 0 Å². The van der Waals surface area contributed by atoms with Crippen molar-refractivity contribution in [2.75, 3.05) is 51.3 Å². The van der Waals surface area contributed by atoms with Gasteiger partial charge in [0, 0.05) is 38.4 Å². The van der Waals surface area contributed by atoms with Crippen LogP contribution in [0.25, 0.3) is 0 Å². The number of morpholine rings is 1. The number of nitrogens with one attached hydrogen (secondary N) is 1. The summed E-state index contributed by atoms with van der Waals surface area (Å²) in [5, 5.41) is 2.60. The molecule has 2 aromatic carbocycles. The molecule has 0 unspecified atom stereocenters. The van der Waals surface area contributed by atoms with Gasteiger partial charge in [-0.25, -0.2) is 9.18 Å². The highest BCUT2D eigenvalue weighted by atomic mass is 19.4. The van der Waals surface area contributed by atoms with Gasteiger partial charge < -0.3 is 24.3 Å². The Morgan fingerprint density at radius 3 is 2.25 bits per heavy atom. The van der Waals surface area contributed by atoms with Crippen LogP contribution in [0.5, 0.6) is 0 Å². The van der Waals surface area contributed by atoms with E-state index in [0.717, 1.165) is 12.1 Å². The standard InChI is InChI=1S/C28H30F4N4O4/c29-23-7-3-21(4-8-23)18-36(19-25-2-1-15-40-25)26(37)20-35(12-11-34-13-16-39-17-14-34)27(38)33-24-9-5-22(6-10-24)28(30,31)32/h1-10,15H,11-14,16-20H2,(H,33,38). The molecule has 1 N–H and O–H groups in total. The third-order valence-electron chi connectivity index (χ3n) is 6.43. The Morgan fingerprint density at radius 1 is 0.925 bits per heavy atom. The molecule has 2 heterocycles. The smallest absolute Gasteiger partial charge is 0.416 e. The van der Waals surface area contributed by atoms with E-state index in [9.17, 15) is 27.2 Å². The van der Waals surface area contributed by atoms with Crippen LogP contribution in [0.4, 0.5) is 28.0 Å². The monoisotopic (exact) mass is 562 g/mol. The molecule has 0 saturated carbocycles. The summed E-state index contributed by atoms with van der Waals surface area (Å²) in [6.07, 6.45) is -3.01. The topological polar surface area (TPSA) is 78.3 Å². The van der Waals surface area contributed by atoms with Crippen LogP contribution in [-0.4, -0.2) is 72.6 Å². The lowest BCUT2D eigenvalue weighted by molar-refractivity contribution is -0.137. The number of rotatable bonds is 10. The highest BCUT2D eigenvalue weighted by molar-refractivity contribution is 5.92. The summed E-state index contributed by atoms with van der Waals surface area (Å²) in [6, 6.07) is 12.6. The number of benzene rings is 2. The SMILES string of the molecule is O=C(CN(CCN1CCOCC1)C(=O)Nc1ccc(C(F)(F)F)cc1)N(Cc1ccc(F)cc1)Cc1ccco1. The molecule has 0 spiro atoms. The number of furan rings is 1. The first-order valence-corrected chi connectivity index (χ1v) is 12.8. The maximum Gasteiger partial charge on any atom is 0.416 e. The fourth-order valence-electron chi connectivity index (χ4n) is 4.18. The Kier molecular flexibility index (Phi) is 9.78. The third-order valence-corrected chi connectivity index (χ3v) is 6.43. The third kappa shape index (κ3) is 8.55. The lowest BCUT2D eigenvalue weighted by Crippen LogP contribution is -2.48. The number of ether oxygens (including phenoxy) is 1. The van der Waals surface area contributed by atoms with Crippen molar-refractivity contribution in [3.63, 3.8) is 0 Å². The molecule has 4 rings (SSSR count). The zero-order valence-corrected chi connectivity index (χ0v) is 21.7. The van der Waals surface area contributed by atoms with Gasteiger partial charge in [0.05, 0.1) is 31.6 Å². The van der Waals surface area contributed by atoms with E-state index < -0.39 is 23.6 Å². The molecule has 0 bridgehead atoms. The molecule has 1 saturated heterocycles. The molecule has 0 atom stereocenters. The summed E-state index contributed by atoms with van der Waals surface area (Å²) in [5.41, 5.74) is 0.0233. The van der Waals surface area contributed by atoms with Crippen molar-refractivity contribution in [3.05, 3.63) is 89.6 Å². The van der Waals surface area contributed by atoms with Crippen molar-refractivity contribution in [3.8, 4) is 0 Å². The number of alkyl halides is 3. The molecular formula is C28H30F4N4O4. The molecule has 1 fully saturated rings. The van der Waals surface area contributed by atoms with Gasteiger partial charge in [-0.3, -0.25) is 9.69 Å². The van der Waals surface area contributed by atoms with Crippen molar-refractivity contribution in [1.29, 1.82) is 0 Å². The Balaban J connectivity index is 1.49. The minimum absolute atomic E-state index is 0.126. The number of hydrogen-bond donors (Lipinski definition) is 1. The molecule has 1 aromatic heterocycles. The van der Waals surface area contributed by atoms with Crippen molar-refractivity contribution < 1.29 is 36.3 Å². The van der Waals surface area contributed by atoms with Gasteiger partial charge in [0.1, 0.15) is 18.1 Å². The van der Waals surface area contributed by atoms with Crippen LogP contribution in [-0.2, 0) is 28.8 Å². The average Bonchev–Trinajstić information content (AvgIpc) is 3.45. The minimum atomic E-state index is -4.50. The van der Waals surface area contributed by atoms with Crippen LogP contribution in [0.1, 0.15) is 16.9 Å². The Bertz CT molecular complexity index is 1230. The minimum Gasteiger partial charge on any atom is -0.467 e. The Labute approximate surface area is 229 Å². The second kappa shape index (κ2) is 13.4. The number of halogens is 4. The zero-order valence-electron chi connectivity index (χ0n) is 21.7. The Hall–Kier alpha value is -3.90. The fourth-order valence-corrected chi connectivity index (χ4v) is 4.18. The highest BCUT2D eigenvalue weighted by Gasteiger charge is 2.30. The van der Waals surface area contributed by atoms with E-state index in [-0.39, 0.29) is 37.8 Å². The van der Waals surface area contributed by atoms with Crippen molar-refractivity contribution >= 4 is 17.6 Å². The Morgan fingerprint density at radius 2 is 1.62 bits per heavy atom. The number of carbonyl (C=O) groups excluding carboxylic acids is 2.